The standard InChI is InChI=1S/C30H33FN6O5/c1-30(28(38)32-14-15-39-2)17-41-27(42-18-30)26-36-24(20-6-8-21(31)9-7-20)25(37-26)23-12-13-33-29(35-23)34-16-19-4-10-22(40-3)11-5-19/h4-13,27H,14-18H2,1-3H3,(H,32,38)(H,36,37)(H,33,34,35). The van der Waals surface area contributed by atoms with Crippen molar-refractivity contribution in [3.63, 3.8) is 0 Å². The van der Waals surface area contributed by atoms with Gasteiger partial charge in [-0.1, -0.05) is 12.1 Å². The topological polar surface area (TPSA) is 133 Å². The fourth-order valence-corrected chi connectivity index (χ4v) is 4.39. The maximum absolute atomic E-state index is 13.7. The number of ether oxygens (including phenoxy) is 4. The molecule has 1 saturated heterocycles. The molecule has 1 aliphatic heterocycles. The molecule has 1 amide bonds. The van der Waals surface area contributed by atoms with E-state index in [0.29, 0.717) is 54.1 Å². The molecule has 3 N–H and O–H groups in total. The van der Waals surface area contributed by atoms with Gasteiger partial charge >= 0.3 is 0 Å². The van der Waals surface area contributed by atoms with Gasteiger partial charge in [-0.25, -0.2) is 19.3 Å². The van der Waals surface area contributed by atoms with Crippen molar-refractivity contribution in [3.8, 4) is 28.4 Å². The quantitative estimate of drug-likeness (QED) is 0.226. The van der Waals surface area contributed by atoms with E-state index in [1.54, 1.807) is 45.5 Å². The molecule has 11 nitrogen and oxygen atoms in total. The molecule has 3 heterocycles. The van der Waals surface area contributed by atoms with E-state index >= 15 is 0 Å². The van der Waals surface area contributed by atoms with Crippen LogP contribution in [0.4, 0.5) is 10.3 Å². The highest BCUT2D eigenvalue weighted by molar-refractivity contribution is 5.82. The fourth-order valence-electron chi connectivity index (χ4n) is 4.39. The molecule has 220 valence electrons. The van der Waals surface area contributed by atoms with Crippen LogP contribution in [0.15, 0.2) is 60.8 Å². The van der Waals surface area contributed by atoms with E-state index in [-0.39, 0.29) is 24.9 Å². The number of H-pyrrole nitrogens is 1. The third-order valence-electron chi connectivity index (χ3n) is 6.83. The van der Waals surface area contributed by atoms with Gasteiger partial charge in [-0.2, -0.15) is 0 Å². The van der Waals surface area contributed by atoms with Crippen LogP contribution in [-0.4, -0.2) is 66.4 Å². The number of rotatable bonds is 11. The Balaban J connectivity index is 1.37. The molecule has 0 spiro atoms. The highest BCUT2D eigenvalue weighted by Gasteiger charge is 2.40. The Labute approximate surface area is 242 Å². The Morgan fingerprint density at radius 3 is 2.50 bits per heavy atom. The smallest absolute Gasteiger partial charge is 0.230 e. The van der Waals surface area contributed by atoms with Gasteiger partial charge in [0, 0.05) is 32.0 Å². The molecule has 2 aromatic carbocycles. The predicted molar refractivity (Wildman–Crippen MR) is 153 cm³/mol. The second-order valence-electron chi connectivity index (χ2n) is 10.1. The maximum atomic E-state index is 13.7. The van der Waals surface area contributed by atoms with Crippen LogP contribution in [0.3, 0.4) is 0 Å². The van der Waals surface area contributed by atoms with Crippen LogP contribution in [0.5, 0.6) is 5.75 Å². The number of carbonyl (C=O) groups excluding carboxylic acids is 1. The first kappa shape index (κ1) is 29.1. The lowest BCUT2D eigenvalue weighted by Crippen LogP contribution is -2.49. The molecule has 2 aromatic heterocycles. The van der Waals surface area contributed by atoms with Gasteiger partial charge in [0.05, 0.1) is 49.4 Å². The molecular formula is C30H33FN6O5. The minimum atomic E-state index is -0.865. The number of nitrogens with zero attached hydrogens (tertiary/aromatic N) is 3. The number of hydrogen-bond donors (Lipinski definition) is 3. The van der Waals surface area contributed by atoms with Crippen LogP contribution in [0.2, 0.25) is 0 Å². The molecular weight excluding hydrogens is 543 g/mol. The zero-order valence-electron chi connectivity index (χ0n) is 23.6. The highest BCUT2D eigenvalue weighted by atomic mass is 19.1. The summed E-state index contributed by atoms with van der Waals surface area (Å²) in [6.07, 6.45) is 0.807. The van der Waals surface area contributed by atoms with E-state index in [2.05, 4.69) is 20.6 Å². The summed E-state index contributed by atoms with van der Waals surface area (Å²) in [5, 5.41) is 6.08. The number of nitrogens with one attached hydrogen (secondary N) is 3. The first-order valence-corrected chi connectivity index (χ1v) is 13.4. The maximum Gasteiger partial charge on any atom is 0.230 e. The Bertz CT molecular complexity index is 1490. The monoisotopic (exact) mass is 576 g/mol. The first-order chi connectivity index (χ1) is 20.4. The molecule has 0 saturated carbocycles. The van der Waals surface area contributed by atoms with E-state index in [4.69, 9.17) is 28.9 Å². The molecule has 0 radical (unpaired) electrons. The van der Waals surface area contributed by atoms with Gasteiger partial charge in [-0.05, 0) is 55.0 Å². The fraction of sp³-hybridized carbons (Fsp3) is 0.333. The van der Waals surface area contributed by atoms with Gasteiger partial charge in [0.25, 0.3) is 0 Å². The van der Waals surface area contributed by atoms with Crippen molar-refractivity contribution in [2.24, 2.45) is 5.41 Å². The van der Waals surface area contributed by atoms with Crippen LogP contribution in [0.1, 0.15) is 24.6 Å². The highest BCUT2D eigenvalue weighted by Crippen LogP contribution is 2.35. The van der Waals surface area contributed by atoms with Crippen LogP contribution in [0, 0.1) is 11.2 Å². The van der Waals surface area contributed by atoms with Crippen LogP contribution in [-0.2, 0) is 25.5 Å². The van der Waals surface area contributed by atoms with Crippen molar-refractivity contribution in [3.05, 3.63) is 78.0 Å². The lowest BCUT2D eigenvalue weighted by Gasteiger charge is -2.35. The van der Waals surface area contributed by atoms with E-state index in [1.165, 1.54) is 12.1 Å². The lowest BCUT2D eigenvalue weighted by molar-refractivity contribution is -0.231. The lowest BCUT2D eigenvalue weighted by atomic mass is 9.91. The molecule has 1 fully saturated rings. The van der Waals surface area contributed by atoms with E-state index in [0.717, 1.165) is 11.3 Å². The molecule has 0 bridgehead atoms. The van der Waals surface area contributed by atoms with Gasteiger partial charge in [0.2, 0.25) is 18.1 Å². The number of benzene rings is 2. The second kappa shape index (κ2) is 13.1. The van der Waals surface area contributed by atoms with Crippen molar-refractivity contribution in [1.29, 1.82) is 0 Å². The van der Waals surface area contributed by atoms with Crippen LogP contribution >= 0.6 is 0 Å². The van der Waals surface area contributed by atoms with Crippen molar-refractivity contribution >= 4 is 11.9 Å². The Hall–Kier alpha value is -4.39. The molecule has 5 rings (SSSR count). The number of aromatic amines is 1. The summed E-state index contributed by atoms with van der Waals surface area (Å²) >= 11 is 0. The van der Waals surface area contributed by atoms with Gasteiger partial charge in [0.1, 0.15) is 11.6 Å². The zero-order chi connectivity index (χ0) is 29.5. The summed E-state index contributed by atoms with van der Waals surface area (Å²) < 4.78 is 35.9. The average molecular weight is 577 g/mol. The van der Waals surface area contributed by atoms with Crippen LogP contribution < -0.4 is 15.4 Å². The Kier molecular flexibility index (Phi) is 9.06. The molecule has 0 unspecified atom stereocenters. The number of amides is 1. The van der Waals surface area contributed by atoms with E-state index < -0.39 is 11.7 Å². The number of halogens is 1. The predicted octanol–water partition coefficient (Wildman–Crippen LogP) is 4.11. The number of anilines is 1. The largest absolute Gasteiger partial charge is 0.497 e. The van der Waals surface area contributed by atoms with E-state index in [9.17, 15) is 9.18 Å². The second-order valence-corrected chi connectivity index (χ2v) is 10.1. The van der Waals surface area contributed by atoms with Gasteiger partial charge in [-0.15, -0.1) is 0 Å². The number of imidazole rings is 1. The summed E-state index contributed by atoms with van der Waals surface area (Å²) in [4.78, 5) is 29.8. The summed E-state index contributed by atoms with van der Waals surface area (Å²) in [5.74, 6) is 1.06. The first-order valence-electron chi connectivity index (χ1n) is 13.4. The number of methoxy groups -OCH3 is 2. The SMILES string of the molecule is COCCNC(=O)C1(C)COC(c2nc(-c3ccc(F)cc3)c(-c3ccnc(NCc4ccc(OC)cc4)n3)[nH]2)OC1. The molecule has 1 aliphatic rings. The van der Waals surface area contributed by atoms with Crippen molar-refractivity contribution in [1.82, 2.24) is 25.3 Å². The zero-order valence-corrected chi connectivity index (χ0v) is 23.6. The number of carbonyl (C=O) groups is 1. The van der Waals surface area contributed by atoms with Gasteiger partial charge in [-0.3, -0.25) is 4.79 Å². The molecule has 0 atom stereocenters. The van der Waals surface area contributed by atoms with E-state index in [1.807, 2.05) is 24.3 Å². The number of aromatic nitrogens is 4. The third kappa shape index (κ3) is 6.73. The summed E-state index contributed by atoms with van der Waals surface area (Å²) in [6.45, 7) is 3.36. The molecule has 0 aliphatic carbocycles. The minimum Gasteiger partial charge on any atom is -0.497 e. The normalized spacial score (nSPS) is 18.4. The van der Waals surface area contributed by atoms with Crippen molar-refractivity contribution in [2.45, 2.75) is 19.8 Å². The Morgan fingerprint density at radius 2 is 1.81 bits per heavy atom. The molecule has 4 aromatic rings. The van der Waals surface area contributed by atoms with Crippen molar-refractivity contribution in [2.75, 3.05) is 45.9 Å². The average Bonchev–Trinajstić information content (AvgIpc) is 3.47. The third-order valence-corrected chi connectivity index (χ3v) is 6.83. The Morgan fingerprint density at radius 1 is 1.07 bits per heavy atom. The minimum absolute atomic E-state index is 0.130. The molecule has 42 heavy (non-hydrogen) atoms. The summed E-state index contributed by atoms with van der Waals surface area (Å²) in [7, 11) is 3.20. The number of hydrogen-bond acceptors (Lipinski definition) is 9. The van der Waals surface area contributed by atoms with Crippen LogP contribution in [0.25, 0.3) is 22.6 Å². The summed E-state index contributed by atoms with van der Waals surface area (Å²) in [5.41, 5.74) is 2.55. The van der Waals surface area contributed by atoms with Gasteiger partial charge in [0.15, 0.2) is 5.82 Å². The molecule has 12 heteroatoms. The summed E-state index contributed by atoms with van der Waals surface area (Å²) in [6, 6.07) is 15.5. The van der Waals surface area contributed by atoms with Crippen molar-refractivity contribution < 1.29 is 28.1 Å². The van der Waals surface area contributed by atoms with Gasteiger partial charge < -0.3 is 34.6 Å².